The number of aromatic amines is 1. The number of rotatable bonds is 9. The van der Waals surface area contributed by atoms with Gasteiger partial charge in [0.15, 0.2) is 17.5 Å². The van der Waals surface area contributed by atoms with Crippen molar-refractivity contribution in [2.75, 3.05) is 31.7 Å². The summed E-state index contributed by atoms with van der Waals surface area (Å²) < 4.78 is 17.5. The zero-order chi connectivity index (χ0) is 22.7. The molecule has 1 aliphatic rings. The van der Waals surface area contributed by atoms with E-state index < -0.39 is 0 Å². The second-order valence-corrected chi connectivity index (χ2v) is 7.79. The van der Waals surface area contributed by atoms with E-state index in [2.05, 4.69) is 44.9 Å². The highest BCUT2D eigenvalue weighted by atomic mass is 127. The van der Waals surface area contributed by atoms with Crippen molar-refractivity contribution < 1.29 is 14.2 Å². The average molecular weight is 577 g/mol. The number of nitrogens with zero attached hydrogens (tertiary/aromatic N) is 2. The highest BCUT2D eigenvalue weighted by molar-refractivity contribution is 14.0. The Morgan fingerprint density at radius 3 is 2.74 bits per heavy atom. The molecule has 3 aromatic rings. The molecule has 182 valence electrons. The van der Waals surface area contributed by atoms with Crippen LogP contribution in [0.4, 0.5) is 5.69 Å². The van der Waals surface area contributed by atoms with Crippen LogP contribution in [0, 0.1) is 0 Å². The fourth-order valence-electron chi connectivity index (χ4n) is 3.41. The first kappa shape index (κ1) is 25.8. The quantitative estimate of drug-likeness (QED) is 0.145. The summed E-state index contributed by atoms with van der Waals surface area (Å²) in [6.07, 6.45) is 3.52. The summed E-state index contributed by atoms with van der Waals surface area (Å²) in [6, 6.07) is 18.0. The number of halogens is 1. The third-order valence-electron chi connectivity index (χ3n) is 5.23. The maximum absolute atomic E-state index is 5.98. The van der Waals surface area contributed by atoms with E-state index in [1.165, 1.54) is 5.56 Å². The first-order chi connectivity index (χ1) is 16.3. The van der Waals surface area contributed by atoms with Gasteiger partial charge in [-0.15, -0.1) is 24.0 Å². The Labute approximate surface area is 217 Å². The SMILES string of the molecule is CC(OCCCNC(=NCc1ccn[nH]1)Nc1ccc2c(c1)OCCCO2)c1ccccc1.I. The van der Waals surface area contributed by atoms with Gasteiger partial charge in [-0.05, 0) is 37.1 Å². The fourth-order valence-corrected chi connectivity index (χ4v) is 3.41. The number of anilines is 1. The van der Waals surface area contributed by atoms with Gasteiger partial charge >= 0.3 is 0 Å². The third-order valence-corrected chi connectivity index (χ3v) is 5.23. The monoisotopic (exact) mass is 577 g/mol. The number of ether oxygens (including phenoxy) is 3. The average Bonchev–Trinajstić information content (AvgIpc) is 3.26. The lowest BCUT2D eigenvalue weighted by Crippen LogP contribution is -2.32. The van der Waals surface area contributed by atoms with Crippen molar-refractivity contribution in [3.63, 3.8) is 0 Å². The van der Waals surface area contributed by atoms with Crippen LogP contribution in [0.15, 0.2) is 65.8 Å². The van der Waals surface area contributed by atoms with Gasteiger partial charge in [0.2, 0.25) is 0 Å². The van der Waals surface area contributed by atoms with E-state index in [1.807, 2.05) is 42.5 Å². The molecule has 0 saturated carbocycles. The molecule has 2 aromatic carbocycles. The number of H-pyrrole nitrogens is 1. The molecule has 0 spiro atoms. The summed E-state index contributed by atoms with van der Waals surface area (Å²) >= 11 is 0. The van der Waals surface area contributed by atoms with Crippen LogP contribution in [0.3, 0.4) is 0 Å². The topological polar surface area (TPSA) is 92.8 Å². The Hall–Kier alpha value is -2.79. The van der Waals surface area contributed by atoms with E-state index >= 15 is 0 Å². The number of nitrogens with one attached hydrogen (secondary N) is 3. The third kappa shape index (κ3) is 7.91. The Kier molecular flexibility index (Phi) is 10.5. The minimum Gasteiger partial charge on any atom is -0.490 e. The molecule has 4 rings (SSSR count). The van der Waals surface area contributed by atoms with Crippen LogP contribution < -0.4 is 20.1 Å². The molecule has 1 unspecified atom stereocenters. The van der Waals surface area contributed by atoms with Gasteiger partial charge in [0.1, 0.15) is 0 Å². The van der Waals surface area contributed by atoms with E-state index in [0.29, 0.717) is 32.3 Å². The molecule has 0 saturated heterocycles. The van der Waals surface area contributed by atoms with Crippen molar-refractivity contribution in [2.45, 2.75) is 32.4 Å². The highest BCUT2D eigenvalue weighted by Gasteiger charge is 2.12. The van der Waals surface area contributed by atoms with Crippen molar-refractivity contribution in [2.24, 2.45) is 4.99 Å². The van der Waals surface area contributed by atoms with Gasteiger partial charge in [-0.25, -0.2) is 4.99 Å². The standard InChI is InChI=1S/C25H31N5O3.HI/c1-19(20-7-3-2-4-8-20)31-14-5-12-26-25(27-18-22-11-13-28-30-22)29-21-9-10-23-24(17-21)33-16-6-15-32-23;/h2-4,7-11,13,17,19H,5-6,12,14-16,18H2,1H3,(H,28,30)(H2,26,27,29);1H. The molecule has 1 atom stereocenters. The summed E-state index contributed by atoms with van der Waals surface area (Å²) in [6.45, 7) is 5.26. The molecule has 0 fully saturated rings. The first-order valence-corrected chi connectivity index (χ1v) is 11.4. The van der Waals surface area contributed by atoms with E-state index in [4.69, 9.17) is 14.2 Å². The van der Waals surface area contributed by atoms with Crippen molar-refractivity contribution in [3.05, 3.63) is 72.1 Å². The van der Waals surface area contributed by atoms with Gasteiger partial charge in [-0.2, -0.15) is 5.10 Å². The van der Waals surface area contributed by atoms with Crippen LogP contribution in [0.1, 0.15) is 37.1 Å². The number of aliphatic imine (C=N–C) groups is 1. The van der Waals surface area contributed by atoms with Crippen LogP contribution in [-0.2, 0) is 11.3 Å². The van der Waals surface area contributed by atoms with Gasteiger partial charge in [-0.1, -0.05) is 30.3 Å². The Morgan fingerprint density at radius 2 is 1.94 bits per heavy atom. The van der Waals surface area contributed by atoms with Crippen molar-refractivity contribution >= 4 is 35.6 Å². The summed E-state index contributed by atoms with van der Waals surface area (Å²) in [5.74, 6) is 2.19. The Morgan fingerprint density at radius 1 is 1.12 bits per heavy atom. The molecular formula is C25H32IN5O3. The number of benzene rings is 2. The lowest BCUT2D eigenvalue weighted by molar-refractivity contribution is 0.0646. The van der Waals surface area contributed by atoms with Crippen molar-refractivity contribution in [3.8, 4) is 11.5 Å². The predicted molar refractivity (Wildman–Crippen MR) is 144 cm³/mol. The van der Waals surface area contributed by atoms with Crippen molar-refractivity contribution in [1.29, 1.82) is 0 Å². The van der Waals surface area contributed by atoms with E-state index in [1.54, 1.807) is 6.20 Å². The molecule has 1 aromatic heterocycles. The minimum atomic E-state index is 0. The molecule has 0 bridgehead atoms. The molecule has 9 heteroatoms. The van der Waals surface area contributed by atoms with Crippen LogP contribution >= 0.6 is 24.0 Å². The number of guanidine groups is 1. The fraction of sp³-hybridized carbons (Fsp3) is 0.360. The zero-order valence-corrected chi connectivity index (χ0v) is 21.7. The number of hydrogen-bond donors (Lipinski definition) is 3. The molecule has 34 heavy (non-hydrogen) atoms. The van der Waals surface area contributed by atoms with Gasteiger partial charge in [0, 0.05) is 37.5 Å². The number of aromatic nitrogens is 2. The summed E-state index contributed by atoms with van der Waals surface area (Å²) in [7, 11) is 0. The zero-order valence-electron chi connectivity index (χ0n) is 19.3. The van der Waals surface area contributed by atoms with Gasteiger partial charge < -0.3 is 24.8 Å². The first-order valence-electron chi connectivity index (χ1n) is 11.4. The largest absolute Gasteiger partial charge is 0.490 e. The Bertz CT molecular complexity index is 1010. The summed E-state index contributed by atoms with van der Waals surface area (Å²) in [5, 5.41) is 13.7. The lowest BCUT2D eigenvalue weighted by Gasteiger charge is -2.16. The molecule has 0 amide bonds. The molecule has 3 N–H and O–H groups in total. The van der Waals surface area contributed by atoms with E-state index in [-0.39, 0.29) is 30.1 Å². The van der Waals surface area contributed by atoms with Gasteiger partial charge in [-0.3, -0.25) is 5.10 Å². The molecule has 1 aliphatic heterocycles. The maximum Gasteiger partial charge on any atom is 0.196 e. The van der Waals surface area contributed by atoms with Crippen LogP contribution in [0.5, 0.6) is 11.5 Å². The van der Waals surface area contributed by atoms with Gasteiger partial charge in [0.05, 0.1) is 31.6 Å². The van der Waals surface area contributed by atoms with Crippen LogP contribution in [-0.4, -0.2) is 42.5 Å². The summed E-state index contributed by atoms with van der Waals surface area (Å²) in [4.78, 5) is 4.68. The summed E-state index contributed by atoms with van der Waals surface area (Å²) in [5.41, 5.74) is 3.00. The Balaban J connectivity index is 0.00000324. The van der Waals surface area contributed by atoms with Crippen LogP contribution in [0.2, 0.25) is 0 Å². The van der Waals surface area contributed by atoms with Crippen molar-refractivity contribution in [1.82, 2.24) is 15.5 Å². The lowest BCUT2D eigenvalue weighted by atomic mass is 10.1. The molecule has 0 radical (unpaired) electrons. The smallest absolute Gasteiger partial charge is 0.196 e. The second kappa shape index (κ2) is 13.8. The van der Waals surface area contributed by atoms with E-state index in [9.17, 15) is 0 Å². The maximum atomic E-state index is 5.98. The predicted octanol–water partition coefficient (Wildman–Crippen LogP) is 4.91. The minimum absolute atomic E-state index is 0. The molecule has 2 heterocycles. The van der Waals surface area contributed by atoms with E-state index in [0.717, 1.165) is 42.3 Å². The molecule has 0 aliphatic carbocycles. The highest BCUT2D eigenvalue weighted by Crippen LogP contribution is 2.32. The van der Waals surface area contributed by atoms with Gasteiger partial charge in [0.25, 0.3) is 0 Å². The number of hydrogen-bond acceptors (Lipinski definition) is 5. The molecule has 8 nitrogen and oxygen atoms in total. The second-order valence-electron chi connectivity index (χ2n) is 7.79. The normalized spacial score (nSPS) is 14.0. The number of fused-ring (bicyclic) bond motifs is 1. The van der Waals surface area contributed by atoms with Crippen LogP contribution in [0.25, 0.3) is 0 Å². The molecular weight excluding hydrogens is 545 g/mol.